The second kappa shape index (κ2) is 6.89. The van der Waals surface area contributed by atoms with Crippen LogP contribution in [0.4, 0.5) is 32.0 Å². The molecule has 0 saturated heterocycles. The average Bonchev–Trinajstić information content (AvgIpc) is 2.28. The van der Waals surface area contributed by atoms with Crippen LogP contribution in [0.1, 0.15) is 31.7 Å². The van der Waals surface area contributed by atoms with E-state index in [1.54, 1.807) is 6.92 Å². The van der Waals surface area contributed by atoms with Gasteiger partial charge in [-0.2, -0.15) is 26.3 Å². The molecule has 0 aliphatic rings. The first-order valence-corrected chi connectivity index (χ1v) is 6.98. The molecule has 0 saturated carbocycles. The highest BCUT2D eigenvalue weighted by Crippen LogP contribution is 2.37. The lowest BCUT2D eigenvalue weighted by molar-refractivity contribution is -0.137. The molecule has 0 aromatic heterocycles. The molecule has 0 spiro atoms. The third-order valence-electron chi connectivity index (χ3n) is 2.79. The predicted octanol–water partition coefficient (Wildman–Crippen LogP) is 6.00. The number of anilines is 1. The average molecular weight is 378 g/mol. The van der Waals surface area contributed by atoms with Crippen molar-refractivity contribution < 1.29 is 26.3 Å². The van der Waals surface area contributed by atoms with Crippen LogP contribution < -0.4 is 5.32 Å². The minimum absolute atomic E-state index is 0.129. The van der Waals surface area contributed by atoms with Gasteiger partial charge in [-0.05, 0) is 38.0 Å². The molecular formula is C13H14BrF6N. The van der Waals surface area contributed by atoms with Gasteiger partial charge in [0, 0.05) is 22.6 Å². The number of rotatable bonds is 5. The van der Waals surface area contributed by atoms with Crippen molar-refractivity contribution in [1.29, 1.82) is 0 Å². The van der Waals surface area contributed by atoms with E-state index in [-0.39, 0.29) is 23.0 Å². The van der Waals surface area contributed by atoms with E-state index in [1.807, 2.05) is 0 Å². The van der Waals surface area contributed by atoms with Crippen molar-refractivity contribution in [1.82, 2.24) is 0 Å². The number of nitrogens with one attached hydrogen (secondary N) is 1. The van der Waals surface area contributed by atoms with E-state index in [4.69, 9.17) is 0 Å². The first-order valence-electron chi connectivity index (χ1n) is 6.19. The van der Waals surface area contributed by atoms with Crippen molar-refractivity contribution in [2.45, 2.75) is 44.6 Å². The van der Waals surface area contributed by atoms with E-state index < -0.39 is 30.4 Å². The lowest BCUT2D eigenvalue weighted by Crippen LogP contribution is -2.19. The highest BCUT2D eigenvalue weighted by atomic mass is 79.9. The van der Waals surface area contributed by atoms with Gasteiger partial charge >= 0.3 is 12.4 Å². The van der Waals surface area contributed by atoms with E-state index in [9.17, 15) is 26.3 Å². The molecule has 120 valence electrons. The largest absolute Gasteiger partial charge is 0.418 e. The van der Waals surface area contributed by atoms with Crippen LogP contribution in [0.25, 0.3) is 0 Å². The van der Waals surface area contributed by atoms with Gasteiger partial charge in [-0.3, -0.25) is 0 Å². The zero-order chi connectivity index (χ0) is 16.3. The van der Waals surface area contributed by atoms with Gasteiger partial charge in [-0.25, -0.2) is 0 Å². The summed E-state index contributed by atoms with van der Waals surface area (Å²) in [5.41, 5.74) is -0.982. The minimum Gasteiger partial charge on any atom is -0.382 e. The fourth-order valence-electron chi connectivity index (χ4n) is 1.82. The minimum atomic E-state index is -4.53. The lowest BCUT2D eigenvalue weighted by atomic mass is 10.1. The highest BCUT2D eigenvalue weighted by molar-refractivity contribution is 9.10. The Bertz CT molecular complexity index is 469. The monoisotopic (exact) mass is 377 g/mol. The Morgan fingerprint density at radius 1 is 1.14 bits per heavy atom. The Morgan fingerprint density at radius 2 is 1.76 bits per heavy atom. The van der Waals surface area contributed by atoms with Gasteiger partial charge in [0.25, 0.3) is 0 Å². The standard InChI is InChI=1S/C13H14BrF6N/c1-8(3-2-6-12(15,16)17)21-11-5-4-9(14)7-10(11)13(18,19)20/h4-5,7-8,21H,2-3,6H2,1H3. The molecule has 0 aliphatic heterocycles. The van der Waals surface area contributed by atoms with Crippen LogP contribution in [-0.2, 0) is 6.18 Å². The lowest BCUT2D eigenvalue weighted by Gasteiger charge is -2.20. The fourth-order valence-corrected chi connectivity index (χ4v) is 2.18. The van der Waals surface area contributed by atoms with E-state index in [0.717, 1.165) is 6.07 Å². The van der Waals surface area contributed by atoms with Crippen LogP contribution in [0.5, 0.6) is 0 Å². The number of hydrogen-bond acceptors (Lipinski definition) is 1. The summed E-state index contributed by atoms with van der Waals surface area (Å²) >= 11 is 2.97. The molecule has 0 amide bonds. The molecule has 1 atom stereocenters. The highest BCUT2D eigenvalue weighted by Gasteiger charge is 2.34. The zero-order valence-corrected chi connectivity index (χ0v) is 12.7. The number of alkyl halides is 6. The summed E-state index contributed by atoms with van der Waals surface area (Å²) in [6, 6.07) is 3.15. The molecular weight excluding hydrogens is 364 g/mol. The Labute approximate surface area is 126 Å². The van der Waals surface area contributed by atoms with E-state index >= 15 is 0 Å². The second-order valence-corrected chi connectivity index (χ2v) is 5.66. The summed E-state index contributed by atoms with van der Waals surface area (Å²) in [7, 11) is 0. The third-order valence-corrected chi connectivity index (χ3v) is 3.28. The molecule has 0 aliphatic carbocycles. The molecule has 0 radical (unpaired) electrons. The molecule has 0 bridgehead atoms. The third kappa shape index (κ3) is 6.58. The van der Waals surface area contributed by atoms with Crippen molar-refractivity contribution in [2.75, 3.05) is 5.32 Å². The normalized spacial score (nSPS) is 14.1. The zero-order valence-electron chi connectivity index (χ0n) is 11.1. The van der Waals surface area contributed by atoms with Gasteiger partial charge in [0.1, 0.15) is 0 Å². The molecule has 1 nitrogen and oxygen atoms in total. The first kappa shape index (κ1) is 18.1. The van der Waals surface area contributed by atoms with Crippen LogP contribution in [0, 0.1) is 0 Å². The van der Waals surface area contributed by atoms with Gasteiger partial charge in [-0.1, -0.05) is 15.9 Å². The van der Waals surface area contributed by atoms with Gasteiger partial charge < -0.3 is 5.32 Å². The molecule has 1 N–H and O–H groups in total. The number of benzene rings is 1. The summed E-state index contributed by atoms with van der Waals surface area (Å²) in [6.07, 6.45) is -9.71. The molecule has 1 aromatic rings. The van der Waals surface area contributed by atoms with Crippen LogP contribution >= 0.6 is 15.9 Å². The molecule has 1 unspecified atom stereocenters. The fraction of sp³-hybridized carbons (Fsp3) is 0.538. The molecule has 0 heterocycles. The molecule has 8 heteroatoms. The van der Waals surface area contributed by atoms with Crippen LogP contribution in [0.3, 0.4) is 0 Å². The van der Waals surface area contributed by atoms with Crippen molar-refractivity contribution in [3.63, 3.8) is 0 Å². The summed E-state index contributed by atoms with van der Waals surface area (Å²) in [4.78, 5) is 0. The molecule has 1 rings (SSSR count). The quantitative estimate of drug-likeness (QED) is 0.620. The second-order valence-electron chi connectivity index (χ2n) is 4.74. The van der Waals surface area contributed by atoms with Crippen LogP contribution in [0.15, 0.2) is 22.7 Å². The number of hydrogen-bond donors (Lipinski definition) is 1. The van der Waals surface area contributed by atoms with Crippen molar-refractivity contribution in [3.8, 4) is 0 Å². The Balaban J connectivity index is 2.70. The molecule has 1 aromatic carbocycles. The van der Waals surface area contributed by atoms with Crippen molar-refractivity contribution in [2.24, 2.45) is 0 Å². The van der Waals surface area contributed by atoms with E-state index in [0.29, 0.717) is 0 Å². The smallest absolute Gasteiger partial charge is 0.382 e. The van der Waals surface area contributed by atoms with Crippen LogP contribution in [-0.4, -0.2) is 12.2 Å². The summed E-state index contributed by atoms with van der Waals surface area (Å²) in [5.74, 6) is 0. The van der Waals surface area contributed by atoms with Crippen molar-refractivity contribution in [3.05, 3.63) is 28.2 Å². The maximum atomic E-state index is 12.9. The van der Waals surface area contributed by atoms with Gasteiger partial charge in [0.15, 0.2) is 0 Å². The van der Waals surface area contributed by atoms with E-state index in [2.05, 4.69) is 21.2 Å². The summed E-state index contributed by atoms with van der Waals surface area (Å²) in [6.45, 7) is 1.55. The maximum absolute atomic E-state index is 12.9. The van der Waals surface area contributed by atoms with Gasteiger partial charge in [0.2, 0.25) is 0 Å². The van der Waals surface area contributed by atoms with E-state index in [1.165, 1.54) is 12.1 Å². The topological polar surface area (TPSA) is 12.0 Å². The Hall–Kier alpha value is -0.920. The first-order chi connectivity index (χ1) is 9.49. The summed E-state index contributed by atoms with van der Waals surface area (Å²) in [5, 5.41) is 2.62. The molecule has 0 fully saturated rings. The van der Waals surface area contributed by atoms with Gasteiger partial charge in [-0.15, -0.1) is 0 Å². The van der Waals surface area contributed by atoms with Crippen molar-refractivity contribution >= 4 is 21.6 Å². The predicted molar refractivity (Wildman–Crippen MR) is 72.1 cm³/mol. The number of halogens is 7. The Kier molecular flexibility index (Phi) is 5.95. The maximum Gasteiger partial charge on any atom is 0.418 e. The molecule has 21 heavy (non-hydrogen) atoms. The summed E-state index contributed by atoms with van der Waals surface area (Å²) < 4.78 is 75.0. The van der Waals surface area contributed by atoms with Gasteiger partial charge in [0.05, 0.1) is 5.56 Å². The van der Waals surface area contributed by atoms with Crippen LogP contribution in [0.2, 0.25) is 0 Å². The Morgan fingerprint density at radius 3 is 2.29 bits per heavy atom. The SMILES string of the molecule is CC(CCCC(F)(F)F)Nc1ccc(Br)cc1C(F)(F)F.